The van der Waals surface area contributed by atoms with Crippen molar-refractivity contribution in [1.82, 2.24) is 0 Å². The van der Waals surface area contributed by atoms with Gasteiger partial charge in [-0.3, -0.25) is 0 Å². The molecule has 2 N–H and O–H groups in total. The number of anilines is 2. The summed E-state index contributed by atoms with van der Waals surface area (Å²) in [7, 11) is 1.92. The van der Waals surface area contributed by atoms with E-state index < -0.39 is 0 Å². The Morgan fingerprint density at radius 1 is 1.10 bits per heavy atom. The third kappa shape index (κ3) is 5.41. The number of allylic oxidation sites excluding steroid dienone is 1. The van der Waals surface area contributed by atoms with E-state index in [0.717, 1.165) is 50.0 Å². The molecule has 2 atom stereocenters. The first kappa shape index (κ1) is 21.9. The Morgan fingerprint density at radius 3 is 2.43 bits per heavy atom. The highest BCUT2D eigenvalue weighted by atomic mass is 16.1. The van der Waals surface area contributed by atoms with E-state index in [4.69, 9.17) is 0 Å². The van der Waals surface area contributed by atoms with Gasteiger partial charge in [0.2, 0.25) is 0 Å². The molecular formula is C27H34N2O. The number of nitrogens with one attached hydrogen (secondary N) is 2. The van der Waals surface area contributed by atoms with Gasteiger partial charge >= 0.3 is 0 Å². The lowest BCUT2D eigenvalue weighted by molar-refractivity contribution is -0.118. The second-order valence-electron chi connectivity index (χ2n) is 8.50. The highest BCUT2D eigenvalue weighted by molar-refractivity contribution is 5.63. The zero-order valence-corrected chi connectivity index (χ0v) is 18.3. The van der Waals surface area contributed by atoms with Crippen LogP contribution in [0.5, 0.6) is 0 Å². The highest BCUT2D eigenvalue weighted by Gasteiger charge is 2.43. The molecule has 1 saturated carbocycles. The second-order valence-corrected chi connectivity index (χ2v) is 8.50. The molecule has 2 aromatic rings. The van der Waals surface area contributed by atoms with E-state index >= 15 is 0 Å². The van der Waals surface area contributed by atoms with E-state index in [0.29, 0.717) is 5.92 Å². The van der Waals surface area contributed by atoms with Crippen LogP contribution in [0.15, 0.2) is 66.8 Å². The van der Waals surface area contributed by atoms with Gasteiger partial charge in [0.05, 0.1) is 0 Å². The summed E-state index contributed by atoms with van der Waals surface area (Å²) in [5, 5.41) is 6.56. The van der Waals surface area contributed by atoms with Crippen molar-refractivity contribution in [3.63, 3.8) is 0 Å². The summed E-state index contributed by atoms with van der Waals surface area (Å²) in [4.78, 5) is 12.1. The smallest absolute Gasteiger partial charge is 0.127 e. The molecule has 0 heterocycles. The fourth-order valence-electron chi connectivity index (χ4n) is 4.61. The van der Waals surface area contributed by atoms with Crippen LogP contribution in [0.25, 0.3) is 6.08 Å². The molecule has 3 rings (SSSR count). The van der Waals surface area contributed by atoms with E-state index in [9.17, 15) is 4.79 Å². The van der Waals surface area contributed by atoms with Gasteiger partial charge in [0.1, 0.15) is 6.29 Å². The van der Waals surface area contributed by atoms with E-state index in [-0.39, 0.29) is 5.41 Å². The van der Waals surface area contributed by atoms with Crippen LogP contribution in [-0.2, 0) is 11.2 Å². The van der Waals surface area contributed by atoms with E-state index in [1.54, 1.807) is 0 Å². The minimum atomic E-state index is -0.270. The van der Waals surface area contributed by atoms with Crippen LogP contribution in [0.2, 0.25) is 0 Å². The van der Waals surface area contributed by atoms with Crippen molar-refractivity contribution in [3.8, 4) is 0 Å². The first-order chi connectivity index (χ1) is 14.6. The highest BCUT2D eigenvalue weighted by Crippen LogP contribution is 2.48. The van der Waals surface area contributed by atoms with Crippen molar-refractivity contribution in [1.29, 1.82) is 0 Å². The topological polar surface area (TPSA) is 41.1 Å². The quantitative estimate of drug-likeness (QED) is 0.359. The standard InChI is InChI=1S/C27H34N2O/c1-4-6-24-17-21(2)18-27(24,20-30)19-23-10-14-26(15-11-23)29-16-5-7-22-8-12-25(28-3)13-9-22/h5,7-15,20,24,28-29H,2,4,6,16-19H2,1,3H3/b7-5+. The number of hydrogen-bond acceptors (Lipinski definition) is 3. The van der Waals surface area contributed by atoms with Gasteiger partial charge < -0.3 is 15.4 Å². The van der Waals surface area contributed by atoms with Crippen LogP contribution in [-0.4, -0.2) is 19.9 Å². The monoisotopic (exact) mass is 402 g/mol. The minimum absolute atomic E-state index is 0.270. The molecule has 0 aliphatic heterocycles. The van der Waals surface area contributed by atoms with Crippen LogP contribution in [0.3, 0.4) is 0 Å². The fourth-order valence-corrected chi connectivity index (χ4v) is 4.61. The predicted octanol–water partition coefficient (Wildman–Crippen LogP) is 6.35. The molecule has 3 nitrogen and oxygen atoms in total. The van der Waals surface area contributed by atoms with Gasteiger partial charge in [-0.05, 0) is 67.0 Å². The van der Waals surface area contributed by atoms with Crippen molar-refractivity contribution in [2.45, 2.75) is 39.0 Å². The summed E-state index contributed by atoms with van der Waals surface area (Å²) in [6, 6.07) is 16.9. The zero-order valence-electron chi connectivity index (χ0n) is 18.3. The van der Waals surface area contributed by atoms with Crippen LogP contribution in [0.1, 0.15) is 43.7 Å². The summed E-state index contributed by atoms with van der Waals surface area (Å²) in [6.07, 6.45) is 10.3. The van der Waals surface area contributed by atoms with Crippen LogP contribution in [0.4, 0.5) is 11.4 Å². The molecule has 0 spiro atoms. The van der Waals surface area contributed by atoms with Gasteiger partial charge in [0.25, 0.3) is 0 Å². The summed E-state index contributed by atoms with van der Waals surface area (Å²) in [6.45, 7) is 7.14. The largest absolute Gasteiger partial charge is 0.388 e. The molecule has 1 aliphatic carbocycles. The van der Waals surface area contributed by atoms with Crippen molar-refractivity contribution >= 4 is 23.7 Å². The molecule has 2 unspecified atom stereocenters. The van der Waals surface area contributed by atoms with Crippen molar-refractivity contribution in [3.05, 3.63) is 77.9 Å². The maximum Gasteiger partial charge on any atom is 0.127 e. The first-order valence-electron chi connectivity index (χ1n) is 11.0. The van der Waals surface area contributed by atoms with Gasteiger partial charge in [-0.15, -0.1) is 0 Å². The molecule has 2 aromatic carbocycles. The zero-order chi connectivity index (χ0) is 21.4. The Hall–Kier alpha value is -2.81. The van der Waals surface area contributed by atoms with Gasteiger partial charge in [-0.2, -0.15) is 0 Å². The molecule has 158 valence electrons. The summed E-state index contributed by atoms with van der Waals surface area (Å²) >= 11 is 0. The Kier molecular flexibility index (Phi) is 7.51. The van der Waals surface area contributed by atoms with E-state index in [1.807, 2.05) is 7.05 Å². The number of rotatable bonds is 10. The van der Waals surface area contributed by atoms with Crippen LogP contribution < -0.4 is 10.6 Å². The average Bonchev–Trinajstić information content (AvgIpc) is 3.08. The lowest BCUT2D eigenvalue weighted by Gasteiger charge is -2.30. The van der Waals surface area contributed by atoms with Gasteiger partial charge in [0, 0.05) is 30.4 Å². The lowest BCUT2D eigenvalue weighted by Crippen LogP contribution is -2.30. The van der Waals surface area contributed by atoms with Gasteiger partial charge in [-0.1, -0.05) is 61.9 Å². The molecular weight excluding hydrogens is 368 g/mol. The maximum absolute atomic E-state index is 12.1. The molecule has 3 heteroatoms. The lowest BCUT2D eigenvalue weighted by atomic mass is 9.73. The molecule has 0 saturated heterocycles. The molecule has 0 amide bonds. The third-order valence-electron chi connectivity index (χ3n) is 6.22. The Bertz CT molecular complexity index is 867. The number of aldehydes is 1. The Balaban J connectivity index is 1.55. The molecule has 1 fully saturated rings. The Morgan fingerprint density at radius 2 is 1.80 bits per heavy atom. The normalized spacial score (nSPS) is 21.1. The number of carbonyl (C=O) groups is 1. The van der Waals surface area contributed by atoms with E-state index in [2.05, 4.69) is 84.8 Å². The second kappa shape index (κ2) is 10.3. The van der Waals surface area contributed by atoms with Gasteiger partial charge in [-0.25, -0.2) is 0 Å². The summed E-state index contributed by atoms with van der Waals surface area (Å²) < 4.78 is 0. The molecule has 30 heavy (non-hydrogen) atoms. The van der Waals surface area contributed by atoms with Crippen LogP contribution in [0, 0.1) is 11.3 Å². The van der Waals surface area contributed by atoms with Gasteiger partial charge in [0.15, 0.2) is 0 Å². The third-order valence-corrected chi connectivity index (χ3v) is 6.22. The number of benzene rings is 2. The van der Waals surface area contributed by atoms with Crippen molar-refractivity contribution < 1.29 is 4.79 Å². The van der Waals surface area contributed by atoms with Crippen LogP contribution >= 0.6 is 0 Å². The maximum atomic E-state index is 12.1. The average molecular weight is 403 g/mol. The number of carbonyl (C=O) groups excluding carboxylic acids is 1. The molecule has 0 aromatic heterocycles. The summed E-state index contributed by atoms with van der Waals surface area (Å²) in [5.41, 5.74) is 5.58. The molecule has 1 aliphatic rings. The SMILES string of the molecule is C=C1CC(CCC)C(C=O)(Cc2ccc(NC/C=C/c3ccc(NC)cc3)cc2)C1. The predicted molar refractivity (Wildman–Crippen MR) is 129 cm³/mol. The fraction of sp³-hybridized carbons (Fsp3) is 0.370. The minimum Gasteiger partial charge on any atom is -0.388 e. The Labute approximate surface area is 181 Å². The van der Waals surface area contributed by atoms with E-state index in [1.165, 1.54) is 23.0 Å². The summed E-state index contributed by atoms with van der Waals surface area (Å²) in [5.74, 6) is 0.428. The molecule has 0 radical (unpaired) electrons. The van der Waals surface area contributed by atoms with Crippen molar-refractivity contribution in [2.75, 3.05) is 24.2 Å². The number of hydrogen-bond donors (Lipinski definition) is 2. The first-order valence-corrected chi connectivity index (χ1v) is 11.0. The van der Waals surface area contributed by atoms with Crippen molar-refractivity contribution in [2.24, 2.45) is 11.3 Å². The molecule has 0 bridgehead atoms.